The fourth-order valence-corrected chi connectivity index (χ4v) is 4.14. The number of anilines is 2. The van der Waals surface area contributed by atoms with E-state index in [1.165, 1.54) is 7.11 Å². The number of carbonyl (C=O) groups excluding carboxylic acids is 1. The smallest absolute Gasteiger partial charge is 0.412 e. The number of hydrogen-bond donors (Lipinski definition) is 2. The minimum Gasteiger partial charge on any atom is -0.477 e. The number of aromatic nitrogens is 4. The minimum atomic E-state index is -0.548. The Morgan fingerprint density at radius 1 is 1.12 bits per heavy atom. The van der Waals surface area contributed by atoms with Gasteiger partial charge in [-0.05, 0) is 47.7 Å². The summed E-state index contributed by atoms with van der Waals surface area (Å²) >= 11 is 0. The molecule has 0 saturated carbocycles. The van der Waals surface area contributed by atoms with Gasteiger partial charge in [0.15, 0.2) is 0 Å². The van der Waals surface area contributed by atoms with Crippen molar-refractivity contribution in [1.82, 2.24) is 19.5 Å². The third-order valence-electron chi connectivity index (χ3n) is 5.98. The molecule has 4 heterocycles. The molecule has 0 unspecified atom stereocenters. The number of nitrogens with one attached hydrogen (secondary N) is 2. The third kappa shape index (κ3) is 4.93. The highest BCUT2D eigenvalue weighted by atomic mass is 16.5. The van der Waals surface area contributed by atoms with Crippen molar-refractivity contribution in [1.29, 1.82) is 0 Å². The summed E-state index contributed by atoms with van der Waals surface area (Å²) in [4.78, 5) is 24.6. The highest BCUT2D eigenvalue weighted by Gasteiger charge is 2.20. The molecule has 0 fully saturated rings. The molecule has 5 rings (SSSR count). The number of aryl methyl sites for hydroxylation is 1. The Balaban J connectivity index is 1.19. The predicted molar refractivity (Wildman–Crippen MR) is 129 cm³/mol. The van der Waals surface area contributed by atoms with Crippen LogP contribution in [0.15, 0.2) is 61.2 Å². The molecule has 1 aliphatic heterocycles. The number of nitrogens with zero attached hydrogens (tertiary/aromatic N) is 4. The molecule has 0 bridgehead atoms. The van der Waals surface area contributed by atoms with Crippen molar-refractivity contribution < 1.29 is 14.3 Å². The maximum absolute atomic E-state index is 11.5. The number of imidazole rings is 1. The third-order valence-corrected chi connectivity index (χ3v) is 5.98. The molecular weight excluding hydrogens is 432 g/mol. The van der Waals surface area contributed by atoms with E-state index in [9.17, 15) is 4.79 Å². The zero-order chi connectivity index (χ0) is 23.3. The average molecular weight is 459 g/mol. The largest absolute Gasteiger partial charge is 0.477 e. The van der Waals surface area contributed by atoms with Crippen molar-refractivity contribution >= 4 is 28.4 Å². The van der Waals surface area contributed by atoms with Crippen LogP contribution in [0, 0.1) is 5.92 Å². The molecule has 174 valence electrons. The molecule has 3 aromatic heterocycles. The van der Waals surface area contributed by atoms with Gasteiger partial charge in [0.2, 0.25) is 5.88 Å². The molecule has 9 nitrogen and oxygen atoms in total. The van der Waals surface area contributed by atoms with Gasteiger partial charge in [-0.25, -0.2) is 19.7 Å². The summed E-state index contributed by atoms with van der Waals surface area (Å²) in [6.07, 6.45) is 8.80. The van der Waals surface area contributed by atoms with Crippen molar-refractivity contribution in [3.8, 4) is 5.88 Å². The van der Waals surface area contributed by atoms with Crippen molar-refractivity contribution in [2.45, 2.75) is 25.9 Å². The van der Waals surface area contributed by atoms with Crippen LogP contribution in [-0.2, 0) is 24.2 Å². The highest BCUT2D eigenvalue weighted by molar-refractivity contribution is 5.99. The van der Waals surface area contributed by atoms with Crippen LogP contribution in [0.4, 0.5) is 16.3 Å². The maximum atomic E-state index is 11.5. The van der Waals surface area contributed by atoms with Crippen molar-refractivity contribution in [2.24, 2.45) is 5.92 Å². The molecule has 1 aliphatic rings. The Labute approximate surface area is 197 Å². The second-order valence-electron chi connectivity index (χ2n) is 8.27. The first-order valence-corrected chi connectivity index (χ1v) is 11.2. The number of ether oxygens (including phenoxy) is 2. The molecular formula is C25H26N6O3. The molecule has 0 aliphatic carbocycles. The number of benzene rings is 1. The van der Waals surface area contributed by atoms with Crippen LogP contribution in [-0.4, -0.2) is 39.3 Å². The molecule has 0 radical (unpaired) electrons. The number of fused-ring (bicyclic) bond motifs is 2. The quantitative estimate of drug-likeness (QED) is 0.427. The lowest BCUT2D eigenvalue weighted by Gasteiger charge is -2.23. The van der Waals surface area contributed by atoms with Crippen molar-refractivity contribution in [3.63, 3.8) is 0 Å². The van der Waals surface area contributed by atoms with E-state index in [0.29, 0.717) is 30.8 Å². The SMILES string of the molecule is COC(=O)Nc1nccc2cc(NCc3ccnc(OC[C@H]4CCn5ccnc5C4)c3)ccc12. The molecule has 4 aromatic rings. The summed E-state index contributed by atoms with van der Waals surface area (Å²) in [5.74, 6) is 2.68. The second-order valence-corrected chi connectivity index (χ2v) is 8.27. The van der Waals surface area contributed by atoms with E-state index in [-0.39, 0.29) is 0 Å². The monoisotopic (exact) mass is 458 g/mol. The van der Waals surface area contributed by atoms with E-state index in [1.807, 2.05) is 48.8 Å². The van der Waals surface area contributed by atoms with E-state index in [2.05, 4.69) is 34.9 Å². The molecule has 2 N–H and O–H groups in total. The van der Waals surface area contributed by atoms with Crippen LogP contribution in [0.1, 0.15) is 17.8 Å². The Hall–Kier alpha value is -4.14. The number of pyridine rings is 2. The molecule has 1 amide bonds. The van der Waals surface area contributed by atoms with E-state index in [1.54, 1.807) is 12.4 Å². The van der Waals surface area contributed by atoms with Gasteiger partial charge in [0.1, 0.15) is 11.6 Å². The van der Waals surface area contributed by atoms with Crippen LogP contribution < -0.4 is 15.4 Å². The molecule has 9 heteroatoms. The summed E-state index contributed by atoms with van der Waals surface area (Å²) in [5, 5.41) is 7.87. The van der Waals surface area contributed by atoms with Crippen LogP contribution in [0.25, 0.3) is 10.8 Å². The standard InChI is InChI=1S/C25H26N6O3/c1-33-25(32)30-24-21-3-2-20(14-19(21)5-8-28-24)29-15-17-4-7-27-23(13-17)34-16-18-6-10-31-11-9-26-22(31)12-18/h2-5,7-9,11,13-14,18,29H,6,10,12,15-16H2,1H3,(H,28,30,32)/t18-/m0/s1. The van der Waals surface area contributed by atoms with Gasteiger partial charge in [0, 0.05) is 67.4 Å². The topological polar surface area (TPSA) is 103 Å². The van der Waals surface area contributed by atoms with Gasteiger partial charge in [0.25, 0.3) is 0 Å². The van der Waals surface area contributed by atoms with Crippen molar-refractivity contribution in [3.05, 3.63) is 72.6 Å². The van der Waals surface area contributed by atoms with Gasteiger partial charge in [-0.15, -0.1) is 0 Å². The Kier molecular flexibility index (Phi) is 6.24. The summed E-state index contributed by atoms with van der Waals surface area (Å²) in [7, 11) is 1.32. The lowest BCUT2D eigenvalue weighted by Crippen LogP contribution is -2.24. The number of rotatable bonds is 7. The second kappa shape index (κ2) is 9.78. The average Bonchev–Trinajstić information content (AvgIpc) is 3.34. The zero-order valence-corrected chi connectivity index (χ0v) is 18.9. The predicted octanol–water partition coefficient (Wildman–Crippen LogP) is 4.26. The van der Waals surface area contributed by atoms with Gasteiger partial charge < -0.3 is 19.4 Å². The fourth-order valence-electron chi connectivity index (χ4n) is 4.14. The molecule has 1 aromatic carbocycles. The zero-order valence-electron chi connectivity index (χ0n) is 18.9. The van der Waals surface area contributed by atoms with Crippen LogP contribution in [0.3, 0.4) is 0 Å². The summed E-state index contributed by atoms with van der Waals surface area (Å²) in [6, 6.07) is 11.7. The van der Waals surface area contributed by atoms with Crippen LogP contribution in [0.2, 0.25) is 0 Å². The van der Waals surface area contributed by atoms with Crippen molar-refractivity contribution in [2.75, 3.05) is 24.4 Å². The van der Waals surface area contributed by atoms with E-state index >= 15 is 0 Å². The molecule has 1 atom stereocenters. The Morgan fingerprint density at radius 3 is 2.94 bits per heavy atom. The summed E-state index contributed by atoms with van der Waals surface area (Å²) in [6.45, 7) is 2.25. The number of hydrogen-bond acceptors (Lipinski definition) is 7. The first-order valence-electron chi connectivity index (χ1n) is 11.2. The Morgan fingerprint density at radius 2 is 2.03 bits per heavy atom. The fraction of sp³-hybridized carbons (Fsp3) is 0.280. The van der Waals surface area contributed by atoms with Gasteiger partial charge in [-0.2, -0.15) is 0 Å². The van der Waals surface area contributed by atoms with Crippen LogP contribution >= 0.6 is 0 Å². The summed E-state index contributed by atoms with van der Waals surface area (Å²) in [5.41, 5.74) is 2.03. The van der Waals surface area contributed by atoms with E-state index in [4.69, 9.17) is 4.74 Å². The Bertz CT molecular complexity index is 1300. The van der Waals surface area contributed by atoms with Gasteiger partial charge in [-0.1, -0.05) is 0 Å². The van der Waals surface area contributed by atoms with Gasteiger partial charge >= 0.3 is 6.09 Å². The molecule has 34 heavy (non-hydrogen) atoms. The lowest BCUT2D eigenvalue weighted by atomic mass is 9.99. The lowest BCUT2D eigenvalue weighted by molar-refractivity contribution is 0.187. The van der Waals surface area contributed by atoms with Gasteiger partial charge in [0.05, 0.1) is 13.7 Å². The highest BCUT2D eigenvalue weighted by Crippen LogP contribution is 2.25. The van der Waals surface area contributed by atoms with Gasteiger partial charge in [-0.3, -0.25) is 5.32 Å². The number of methoxy groups -OCH3 is 1. The molecule has 0 spiro atoms. The molecule has 0 saturated heterocycles. The maximum Gasteiger partial charge on any atom is 0.412 e. The summed E-state index contributed by atoms with van der Waals surface area (Å²) < 4.78 is 12.9. The minimum absolute atomic E-state index is 0.448. The number of amides is 1. The van der Waals surface area contributed by atoms with Crippen LogP contribution in [0.5, 0.6) is 5.88 Å². The normalized spacial score (nSPS) is 14.9. The van der Waals surface area contributed by atoms with E-state index < -0.39 is 6.09 Å². The number of carbonyl (C=O) groups is 1. The first-order chi connectivity index (χ1) is 16.7. The first kappa shape index (κ1) is 21.7. The van der Waals surface area contributed by atoms with E-state index in [0.717, 1.165) is 47.2 Å².